The summed E-state index contributed by atoms with van der Waals surface area (Å²) < 4.78 is 44.2. The van der Waals surface area contributed by atoms with Gasteiger partial charge < -0.3 is 23.8 Å². The number of carbonyl (C=O) groups excluding carboxylic acids is 1. The largest absolute Gasteiger partial charge is 0.454 e. The molecule has 1 aromatic carbocycles. The molecule has 1 N–H and O–H groups in total. The van der Waals surface area contributed by atoms with E-state index in [2.05, 4.69) is 19.2 Å². The zero-order valence-electron chi connectivity index (χ0n) is 23.7. The van der Waals surface area contributed by atoms with E-state index in [1.165, 1.54) is 63.6 Å². The summed E-state index contributed by atoms with van der Waals surface area (Å²) >= 11 is 2.65. The number of nitrogens with one attached hydrogen (secondary N) is 1. The van der Waals surface area contributed by atoms with Crippen LogP contribution in [0.4, 0.5) is 0 Å². The molecule has 0 saturated heterocycles. The van der Waals surface area contributed by atoms with Gasteiger partial charge in [-0.05, 0) is 48.8 Å². The number of rotatable bonds is 18. The quantitative estimate of drug-likeness (QED) is 0.148. The summed E-state index contributed by atoms with van der Waals surface area (Å²) in [5.41, 5.74) is 1.17. The van der Waals surface area contributed by atoms with Crippen LogP contribution in [0.2, 0.25) is 0 Å². The molecule has 1 aliphatic rings. The Morgan fingerprint density at radius 1 is 1.08 bits per heavy atom. The molecule has 12 heteroatoms. The zero-order chi connectivity index (χ0) is 28.4. The van der Waals surface area contributed by atoms with Crippen LogP contribution in [-0.2, 0) is 35.6 Å². The minimum absolute atomic E-state index is 0.00309. The first kappa shape index (κ1) is 35.3. The Balaban J connectivity index is 0.000000403. The van der Waals surface area contributed by atoms with Crippen LogP contribution in [0.3, 0.4) is 0 Å². The first-order chi connectivity index (χ1) is 18.2. The molecule has 0 radical (unpaired) electrons. The van der Waals surface area contributed by atoms with Gasteiger partial charge in [0.25, 0.3) is 0 Å². The molecule has 2 rings (SSSR count). The lowest BCUT2D eigenvalue weighted by Crippen LogP contribution is -2.27. The summed E-state index contributed by atoms with van der Waals surface area (Å²) in [5, 5.41) is 2.66. The summed E-state index contributed by atoms with van der Waals surface area (Å²) in [7, 11) is 3.58. The van der Waals surface area contributed by atoms with E-state index in [4.69, 9.17) is 18.5 Å². The van der Waals surface area contributed by atoms with Gasteiger partial charge in [-0.25, -0.2) is 4.57 Å². The van der Waals surface area contributed by atoms with Crippen molar-refractivity contribution >= 4 is 46.6 Å². The molecule has 0 spiro atoms. The van der Waals surface area contributed by atoms with Gasteiger partial charge in [0, 0.05) is 54.6 Å². The number of unbranched alkanes of at least 4 members (excludes halogenated alkanes) is 5. The minimum Gasteiger partial charge on any atom is -0.454 e. The van der Waals surface area contributed by atoms with Crippen LogP contribution in [0.15, 0.2) is 18.2 Å². The van der Waals surface area contributed by atoms with E-state index in [1.54, 1.807) is 7.05 Å². The molecule has 220 valence electrons. The van der Waals surface area contributed by atoms with Gasteiger partial charge in [0.15, 0.2) is 11.5 Å². The highest BCUT2D eigenvalue weighted by Gasteiger charge is 2.22. The SMILES string of the molecule is CCCCCCCCS(=O)C(C)Cc1ccc2c(c1)OCO2.CNC(=O)C(C)SCCSP(=O)(OC)OC. The number of thioether (sulfide) groups is 1. The van der Waals surface area contributed by atoms with Crippen LogP contribution in [-0.4, -0.2) is 65.9 Å². The predicted octanol–water partition coefficient (Wildman–Crippen LogP) is 6.44. The van der Waals surface area contributed by atoms with Crippen LogP contribution in [0.25, 0.3) is 0 Å². The molecular weight excluding hydrogens is 565 g/mol. The molecule has 0 aromatic heterocycles. The number of ether oxygens (including phenoxy) is 2. The molecule has 8 nitrogen and oxygen atoms in total. The maximum Gasteiger partial charge on any atom is 0.388 e. The Hall–Kier alpha value is -0.710. The topological polar surface area (TPSA) is 100 Å². The number of benzene rings is 1. The van der Waals surface area contributed by atoms with Crippen LogP contribution in [0, 0.1) is 0 Å². The average molecular weight is 612 g/mol. The second kappa shape index (κ2) is 20.2. The van der Waals surface area contributed by atoms with E-state index in [1.807, 2.05) is 25.1 Å². The first-order valence-electron chi connectivity index (χ1n) is 13.1. The summed E-state index contributed by atoms with van der Waals surface area (Å²) in [6.07, 6.45) is 8.32. The van der Waals surface area contributed by atoms with Crippen molar-refractivity contribution in [2.45, 2.75) is 76.2 Å². The van der Waals surface area contributed by atoms with Crippen molar-refractivity contribution in [3.05, 3.63) is 23.8 Å². The van der Waals surface area contributed by atoms with Crippen LogP contribution < -0.4 is 14.8 Å². The number of fused-ring (bicyclic) bond motifs is 1. The van der Waals surface area contributed by atoms with Gasteiger partial charge >= 0.3 is 6.80 Å². The van der Waals surface area contributed by atoms with Crippen LogP contribution in [0.5, 0.6) is 11.5 Å². The lowest BCUT2D eigenvalue weighted by Gasteiger charge is -2.13. The lowest BCUT2D eigenvalue weighted by molar-refractivity contribution is -0.119. The molecule has 38 heavy (non-hydrogen) atoms. The van der Waals surface area contributed by atoms with E-state index in [9.17, 15) is 13.6 Å². The van der Waals surface area contributed by atoms with Gasteiger partial charge in [0.1, 0.15) is 0 Å². The summed E-state index contributed by atoms with van der Waals surface area (Å²) in [5.74, 6) is 3.78. The summed E-state index contributed by atoms with van der Waals surface area (Å²) in [6, 6.07) is 6.01. The van der Waals surface area contributed by atoms with E-state index in [0.717, 1.165) is 47.2 Å². The molecule has 3 atom stereocenters. The van der Waals surface area contributed by atoms with Gasteiger partial charge in [-0.15, -0.1) is 11.8 Å². The zero-order valence-corrected chi connectivity index (χ0v) is 27.0. The molecular formula is C26H46NO7PS3. The fourth-order valence-electron chi connectivity index (χ4n) is 3.55. The summed E-state index contributed by atoms with van der Waals surface area (Å²) in [4.78, 5) is 11.2. The van der Waals surface area contributed by atoms with E-state index < -0.39 is 17.6 Å². The van der Waals surface area contributed by atoms with Crippen molar-refractivity contribution in [1.29, 1.82) is 0 Å². The predicted molar refractivity (Wildman–Crippen MR) is 162 cm³/mol. The molecule has 0 bridgehead atoms. The number of carbonyl (C=O) groups is 1. The number of hydrogen-bond donors (Lipinski definition) is 1. The Bertz CT molecular complexity index is 882. The second-order valence-corrected chi connectivity index (χ2v) is 16.7. The van der Waals surface area contributed by atoms with Crippen molar-refractivity contribution in [2.75, 3.05) is 45.3 Å². The maximum absolute atomic E-state index is 12.3. The Morgan fingerprint density at radius 2 is 1.74 bits per heavy atom. The third-order valence-corrected chi connectivity index (χ3v) is 13.0. The van der Waals surface area contributed by atoms with Crippen molar-refractivity contribution in [3.63, 3.8) is 0 Å². The van der Waals surface area contributed by atoms with Gasteiger partial charge in [0.2, 0.25) is 12.7 Å². The highest BCUT2D eigenvalue weighted by molar-refractivity contribution is 8.55. The molecule has 1 aromatic rings. The lowest BCUT2D eigenvalue weighted by atomic mass is 10.1. The number of amides is 1. The van der Waals surface area contributed by atoms with Crippen molar-refractivity contribution in [2.24, 2.45) is 0 Å². The second-order valence-electron chi connectivity index (χ2n) is 8.83. The van der Waals surface area contributed by atoms with Gasteiger partial charge in [-0.1, -0.05) is 52.0 Å². The minimum atomic E-state index is -2.97. The molecule has 0 aliphatic carbocycles. The Morgan fingerprint density at radius 3 is 2.39 bits per heavy atom. The van der Waals surface area contributed by atoms with E-state index in [0.29, 0.717) is 12.5 Å². The fourth-order valence-corrected chi connectivity index (χ4v) is 8.68. The van der Waals surface area contributed by atoms with E-state index in [-0.39, 0.29) is 16.4 Å². The smallest absolute Gasteiger partial charge is 0.388 e. The Kier molecular flexibility index (Phi) is 18.8. The number of hydrogen-bond acceptors (Lipinski definition) is 9. The van der Waals surface area contributed by atoms with Crippen molar-refractivity contribution in [1.82, 2.24) is 5.32 Å². The molecule has 1 amide bonds. The monoisotopic (exact) mass is 611 g/mol. The van der Waals surface area contributed by atoms with Gasteiger partial charge in [0.05, 0.1) is 5.25 Å². The molecule has 0 saturated carbocycles. The highest BCUT2D eigenvalue weighted by atomic mass is 32.7. The fraction of sp³-hybridized carbons (Fsp3) is 0.731. The molecule has 1 aliphatic heterocycles. The third kappa shape index (κ3) is 14.1. The highest BCUT2D eigenvalue weighted by Crippen LogP contribution is 2.59. The van der Waals surface area contributed by atoms with Crippen LogP contribution in [0.1, 0.15) is 64.9 Å². The molecule has 3 unspecified atom stereocenters. The first-order valence-corrected chi connectivity index (χ1v) is 18.7. The summed E-state index contributed by atoms with van der Waals surface area (Å²) in [6.45, 7) is 3.48. The van der Waals surface area contributed by atoms with Crippen LogP contribution >= 0.6 is 29.9 Å². The Labute approximate surface area is 240 Å². The van der Waals surface area contributed by atoms with Gasteiger partial charge in [-0.3, -0.25) is 9.00 Å². The van der Waals surface area contributed by atoms with Crippen molar-refractivity contribution < 1.29 is 32.1 Å². The van der Waals surface area contributed by atoms with Crippen molar-refractivity contribution in [3.8, 4) is 11.5 Å². The third-order valence-electron chi connectivity index (χ3n) is 5.87. The average Bonchev–Trinajstić information content (AvgIpc) is 3.40. The van der Waals surface area contributed by atoms with Gasteiger partial charge in [-0.2, -0.15) is 0 Å². The maximum atomic E-state index is 12.3. The molecule has 1 heterocycles. The standard InChI is InChI=1S/C18H28O3S.C8H18NO4PS2/c1-3-4-5-6-7-8-11-22(19)15(2)12-16-9-10-17-18(13-16)21-14-20-17;1-7(8(10)9-2)15-5-6-16-14(11,12-3)13-4/h9-10,13,15H,3-8,11-12,14H2,1-2H3;7H,5-6H2,1-4H3,(H,9,10). The molecule has 0 fully saturated rings. The normalized spacial score (nSPS) is 14.8. The van der Waals surface area contributed by atoms with E-state index >= 15 is 0 Å².